The SMILES string of the molecule is Cc1ccc(OC2CCC(=O)NC2=O)cc1OS(=O)(=O)F.[HH]. The average Bonchev–Trinajstić information content (AvgIpc) is 2.35. The van der Waals surface area contributed by atoms with Crippen molar-refractivity contribution in [2.45, 2.75) is 25.9 Å². The van der Waals surface area contributed by atoms with Gasteiger partial charge in [-0.3, -0.25) is 14.9 Å². The second kappa shape index (κ2) is 5.68. The molecule has 1 aromatic rings. The highest BCUT2D eigenvalue weighted by molar-refractivity contribution is 7.81. The van der Waals surface area contributed by atoms with Gasteiger partial charge in [0.05, 0.1) is 0 Å². The van der Waals surface area contributed by atoms with Crippen LogP contribution < -0.4 is 14.2 Å². The molecule has 9 heteroatoms. The summed E-state index contributed by atoms with van der Waals surface area (Å²) >= 11 is 0. The van der Waals surface area contributed by atoms with Crippen molar-refractivity contribution in [2.75, 3.05) is 0 Å². The minimum absolute atomic E-state index is 0. The van der Waals surface area contributed by atoms with Crippen LogP contribution in [0.2, 0.25) is 0 Å². The molecular formula is C12H14FNO6S. The number of imide groups is 1. The first-order valence-electron chi connectivity index (χ1n) is 6.00. The lowest BCUT2D eigenvalue weighted by Gasteiger charge is -2.22. The fourth-order valence-corrected chi connectivity index (χ4v) is 2.20. The van der Waals surface area contributed by atoms with E-state index in [1.807, 2.05) is 0 Å². The summed E-state index contributed by atoms with van der Waals surface area (Å²) in [4.78, 5) is 22.6. The molecule has 1 heterocycles. The first kappa shape index (κ1) is 15.2. The van der Waals surface area contributed by atoms with E-state index in [2.05, 4.69) is 9.50 Å². The maximum atomic E-state index is 12.6. The lowest BCUT2D eigenvalue weighted by molar-refractivity contribution is -0.138. The molecular weight excluding hydrogens is 305 g/mol. The highest BCUT2D eigenvalue weighted by Crippen LogP contribution is 2.27. The van der Waals surface area contributed by atoms with Gasteiger partial charge in [-0.25, -0.2) is 0 Å². The Bertz CT molecular complexity index is 693. The predicted molar refractivity (Wildman–Crippen MR) is 70.7 cm³/mol. The second-order valence-corrected chi connectivity index (χ2v) is 5.41. The minimum atomic E-state index is -5.15. The third-order valence-electron chi connectivity index (χ3n) is 2.82. The van der Waals surface area contributed by atoms with Gasteiger partial charge >= 0.3 is 10.5 Å². The summed E-state index contributed by atoms with van der Waals surface area (Å²) in [5.74, 6) is -1.06. The molecule has 1 unspecified atom stereocenters. The molecule has 7 nitrogen and oxygen atoms in total. The molecule has 0 aliphatic carbocycles. The predicted octanol–water partition coefficient (Wildman–Crippen LogP) is 1.02. The number of ether oxygens (including phenoxy) is 1. The number of piperidine rings is 1. The first-order chi connectivity index (χ1) is 9.74. The van der Waals surface area contributed by atoms with Crippen LogP contribution in [-0.4, -0.2) is 26.3 Å². The van der Waals surface area contributed by atoms with Crippen molar-refractivity contribution in [1.29, 1.82) is 0 Å². The van der Waals surface area contributed by atoms with E-state index in [1.54, 1.807) is 0 Å². The summed E-state index contributed by atoms with van der Waals surface area (Å²) in [7, 11) is -5.15. The fraction of sp³-hybridized carbons (Fsp3) is 0.333. The van der Waals surface area contributed by atoms with Crippen LogP contribution in [0.4, 0.5) is 3.89 Å². The van der Waals surface area contributed by atoms with Crippen molar-refractivity contribution in [3.8, 4) is 11.5 Å². The molecule has 1 aliphatic rings. The van der Waals surface area contributed by atoms with Crippen LogP contribution >= 0.6 is 0 Å². The fourth-order valence-electron chi connectivity index (χ4n) is 1.80. The zero-order valence-corrected chi connectivity index (χ0v) is 11.8. The van der Waals surface area contributed by atoms with Crippen LogP contribution in [0.3, 0.4) is 0 Å². The van der Waals surface area contributed by atoms with Crippen LogP contribution in [0.1, 0.15) is 19.8 Å². The second-order valence-electron chi connectivity index (χ2n) is 4.46. The standard InChI is InChI=1S/C12H12FNO6S.H2/c1-7-2-3-8(6-10(7)20-21(13,17)18)19-9-4-5-11(15)14-12(9)16;/h2-3,6,9H,4-5H2,1H3,(H,14,15,16);1H. The molecule has 1 N–H and O–H groups in total. The van der Waals surface area contributed by atoms with Crippen molar-refractivity contribution < 1.29 is 32.2 Å². The highest BCUT2D eigenvalue weighted by atomic mass is 32.3. The number of hydrogen-bond donors (Lipinski definition) is 1. The highest BCUT2D eigenvalue weighted by Gasteiger charge is 2.28. The van der Waals surface area contributed by atoms with E-state index in [9.17, 15) is 21.9 Å². The van der Waals surface area contributed by atoms with Crippen LogP contribution in [-0.2, 0) is 20.1 Å². The smallest absolute Gasteiger partial charge is 0.480 e. The monoisotopic (exact) mass is 319 g/mol. The summed E-state index contributed by atoms with van der Waals surface area (Å²) in [5, 5.41) is 2.12. The number of hydrogen-bond acceptors (Lipinski definition) is 6. The molecule has 1 fully saturated rings. The Morgan fingerprint density at radius 2 is 2.10 bits per heavy atom. The van der Waals surface area contributed by atoms with Gasteiger partial charge in [-0.05, 0) is 18.6 Å². The summed E-state index contributed by atoms with van der Waals surface area (Å²) in [5.41, 5.74) is 0.381. The molecule has 0 spiro atoms. The molecule has 21 heavy (non-hydrogen) atoms. The van der Waals surface area contributed by atoms with Crippen LogP contribution in [0.25, 0.3) is 0 Å². The van der Waals surface area contributed by atoms with Gasteiger partial charge in [0.15, 0.2) is 11.9 Å². The van der Waals surface area contributed by atoms with Gasteiger partial charge in [0.1, 0.15) is 5.75 Å². The number of aryl methyl sites for hydroxylation is 1. The summed E-state index contributed by atoms with van der Waals surface area (Å²) in [6, 6.07) is 4.11. The zero-order valence-electron chi connectivity index (χ0n) is 11.0. The summed E-state index contributed by atoms with van der Waals surface area (Å²) in [6.45, 7) is 1.52. The van der Waals surface area contributed by atoms with Crippen molar-refractivity contribution in [3.63, 3.8) is 0 Å². The topological polar surface area (TPSA) is 98.8 Å². The van der Waals surface area contributed by atoms with Crippen molar-refractivity contribution in [1.82, 2.24) is 5.32 Å². The van der Waals surface area contributed by atoms with E-state index in [-0.39, 0.29) is 31.7 Å². The largest absolute Gasteiger partial charge is 0.488 e. The van der Waals surface area contributed by atoms with Gasteiger partial charge < -0.3 is 8.92 Å². The average molecular weight is 319 g/mol. The van der Waals surface area contributed by atoms with E-state index in [4.69, 9.17) is 4.74 Å². The molecule has 1 aromatic carbocycles. The molecule has 1 saturated heterocycles. The Labute approximate surface area is 121 Å². The van der Waals surface area contributed by atoms with Gasteiger partial charge in [0.25, 0.3) is 5.91 Å². The Balaban J connectivity index is 0.00000242. The summed E-state index contributed by atoms with van der Waals surface area (Å²) < 4.78 is 43.1. The van der Waals surface area contributed by atoms with E-state index in [0.29, 0.717) is 5.56 Å². The molecule has 116 valence electrons. The Morgan fingerprint density at radius 1 is 1.38 bits per heavy atom. The van der Waals surface area contributed by atoms with E-state index in [1.165, 1.54) is 19.1 Å². The van der Waals surface area contributed by atoms with Crippen molar-refractivity contribution in [3.05, 3.63) is 23.8 Å². The molecule has 0 aromatic heterocycles. The number of carbonyl (C=O) groups is 2. The number of rotatable bonds is 4. The van der Waals surface area contributed by atoms with Crippen molar-refractivity contribution >= 4 is 22.3 Å². The molecule has 0 radical (unpaired) electrons. The maximum Gasteiger partial charge on any atom is 0.488 e. The number of nitrogens with one attached hydrogen (secondary N) is 1. The molecule has 2 amide bonds. The number of halogens is 1. The third-order valence-corrected chi connectivity index (χ3v) is 3.19. The number of benzene rings is 1. The van der Waals surface area contributed by atoms with E-state index < -0.39 is 22.5 Å². The van der Waals surface area contributed by atoms with Gasteiger partial charge in [0.2, 0.25) is 5.91 Å². The molecule has 1 atom stereocenters. The number of carbonyl (C=O) groups excluding carboxylic acids is 2. The minimum Gasteiger partial charge on any atom is -0.480 e. The number of amides is 2. The Kier molecular flexibility index (Phi) is 4.12. The van der Waals surface area contributed by atoms with Gasteiger partial charge in [-0.2, -0.15) is 8.42 Å². The lowest BCUT2D eigenvalue weighted by atomic mass is 10.1. The third kappa shape index (κ3) is 4.15. The quantitative estimate of drug-likeness (QED) is 0.657. The van der Waals surface area contributed by atoms with Crippen molar-refractivity contribution in [2.24, 2.45) is 0 Å². The van der Waals surface area contributed by atoms with Crippen LogP contribution in [0.15, 0.2) is 18.2 Å². The first-order valence-corrected chi connectivity index (χ1v) is 7.30. The Morgan fingerprint density at radius 3 is 2.71 bits per heavy atom. The summed E-state index contributed by atoms with van der Waals surface area (Å²) in [6.07, 6.45) is -0.527. The maximum absolute atomic E-state index is 12.6. The zero-order chi connectivity index (χ0) is 15.6. The van der Waals surface area contributed by atoms with Gasteiger partial charge in [-0.1, -0.05) is 9.95 Å². The van der Waals surface area contributed by atoms with E-state index in [0.717, 1.165) is 6.07 Å². The molecule has 0 saturated carbocycles. The molecule has 2 rings (SSSR count). The molecule has 0 bridgehead atoms. The van der Waals surface area contributed by atoms with Crippen LogP contribution in [0.5, 0.6) is 11.5 Å². The van der Waals surface area contributed by atoms with Crippen LogP contribution in [0, 0.1) is 6.92 Å². The van der Waals surface area contributed by atoms with E-state index >= 15 is 0 Å². The van der Waals surface area contributed by atoms with Gasteiger partial charge in [-0.15, -0.1) is 0 Å². The Hall–Kier alpha value is -2.16. The lowest BCUT2D eigenvalue weighted by Crippen LogP contribution is -2.46. The molecule has 1 aliphatic heterocycles. The normalized spacial score (nSPS) is 19.0. The van der Waals surface area contributed by atoms with Gasteiger partial charge in [0, 0.05) is 20.3 Å².